The molecular formula is C13H15N3O3. The molecule has 1 aliphatic heterocycles. The van der Waals surface area contributed by atoms with Gasteiger partial charge in [-0.1, -0.05) is 0 Å². The van der Waals surface area contributed by atoms with Crippen LogP contribution in [0.25, 0.3) is 11.5 Å². The molecule has 0 saturated carbocycles. The van der Waals surface area contributed by atoms with Gasteiger partial charge < -0.3 is 19.6 Å². The zero-order chi connectivity index (χ0) is 13.2. The zero-order valence-corrected chi connectivity index (χ0v) is 10.4. The van der Waals surface area contributed by atoms with E-state index in [0.29, 0.717) is 11.5 Å². The number of benzene rings is 1. The van der Waals surface area contributed by atoms with Crippen molar-refractivity contribution >= 4 is 5.95 Å². The van der Waals surface area contributed by atoms with Crippen LogP contribution in [0.2, 0.25) is 0 Å². The van der Waals surface area contributed by atoms with Gasteiger partial charge in [0.25, 0.3) is 11.8 Å². The topological polar surface area (TPSA) is 82.6 Å². The van der Waals surface area contributed by atoms with Gasteiger partial charge in [0.05, 0.1) is 5.56 Å². The van der Waals surface area contributed by atoms with Crippen molar-refractivity contribution in [3.05, 3.63) is 18.2 Å². The molecule has 1 aromatic heterocycles. The third-order valence-electron chi connectivity index (χ3n) is 3.27. The summed E-state index contributed by atoms with van der Waals surface area (Å²) in [5, 5.41) is 23.0. The van der Waals surface area contributed by atoms with Crippen LogP contribution in [0.1, 0.15) is 19.3 Å². The molecular weight excluding hydrogens is 246 g/mol. The van der Waals surface area contributed by atoms with Crippen LogP contribution in [0.5, 0.6) is 11.5 Å². The molecule has 0 atom stereocenters. The highest BCUT2D eigenvalue weighted by Gasteiger charge is 2.19. The summed E-state index contributed by atoms with van der Waals surface area (Å²) in [7, 11) is 0. The number of phenols is 2. The van der Waals surface area contributed by atoms with Crippen LogP contribution in [-0.2, 0) is 0 Å². The van der Waals surface area contributed by atoms with E-state index < -0.39 is 0 Å². The second-order valence-electron chi connectivity index (χ2n) is 4.65. The van der Waals surface area contributed by atoms with Gasteiger partial charge >= 0.3 is 0 Å². The summed E-state index contributed by atoms with van der Waals surface area (Å²) in [6, 6.07) is 4.28. The Bertz CT molecular complexity index is 576. The molecule has 0 radical (unpaired) electrons. The Kier molecular flexibility index (Phi) is 2.98. The normalized spacial score (nSPS) is 15.7. The molecule has 2 N–H and O–H groups in total. The lowest BCUT2D eigenvalue weighted by atomic mass is 10.1. The highest BCUT2D eigenvalue weighted by Crippen LogP contribution is 2.32. The molecule has 19 heavy (non-hydrogen) atoms. The largest absolute Gasteiger partial charge is 0.508 e. The Morgan fingerprint density at radius 1 is 1.11 bits per heavy atom. The molecule has 1 saturated heterocycles. The van der Waals surface area contributed by atoms with Gasteiger partial charge in [0, 0.05) is 19.2 Å². The summed E-state index contributed by atoms with van der Waals surface area (Å²) < 4.78 is 5.18. The van der Waals surface area contributed by atoms with E-state index in [2.05, 4.69) is 15.0 Å². The third-order valence-corrected chi connectivity index (χ3v) is 3.27. The average Bonchev–Trinajstić information content (AvgIpc) is 2.89. The minimum Gasteiger partial charge on any atom is -0.508 e. The number of aromatic hydroxyl groups is 2. The van der Waals surface area contributed by atoms with Crippen LogP contribution in [0, 0.1) is 0 Å². The number of anilines is 1. The number of aromatic nitrogens is 2. The maximum absolute atomic E-state index is 9.76. The number of piperidine rings is 1. The minimum atomic E-state index is -0.0751. The highest BCUT2D eigenvalue weighted by atomic mass is 16.5. The summed E-state index contributed by atoms with van der Waals surface area (Å²) in [5.41, 5.74) is 0.425. The fourth-order valence-electron chi connectivity index (χ4n) is 2.25. The van der Waals surface area contributed by atoms with Crippen molar-refractivity contribution in [3.63, 3.8) is 0 Å². The first-order valence-corrected chi connectivity index (χ1v) is 6.35. The first-order valence-electron chi connectivity index (χ1n) is 6.35. The fourth-order valence-corrected chi connectivity index (χ4v) is 2.25. The van der Waals surface area contributed by atoms with Crippen LogP contribution in [0.4, 0.5) is 5.95 Å². The van der Waals surface area contributed by atoms with Crippen molar-refractivity contribution in [2.75, 3.05) is 18.0 Å². The van der Waals surface area contributed by atoms with Gasteiger partial charge in [-0.15, -0.1) is 0 Å². The van der Waals surface area contributed by atoms with Gasteiger partial charge in [0.1, 0.15) is 11.5 Å². The molecule has 100 valence electrons. The number of hydrogen-bond acceptors (Lipinski definition) is 6. The standard InChI is InChI=1S/C13H15N3O3/c17-9-4-5-10(11(18)8-9)12-14-13(15-19-12)16-6-2-1-3-7-16/h4-5,8,17-18H,1-3,6-7H2. The van der Waals surface area contributed by atoms with Crippen LogP contribution in [0.15, 0.2) is 22.7 Å². The maximum atomic E-state index is 9.76. The van der Waals surface area contributed by atoms with E-state index in [4.69, 9.17) is 4.52 Å². The molecule has 0 spiro atoms. The van der Waals surface area contributed by atoms with Gasteiger partial charge in [-0.3, -0.25) is 0 Å². The fraction of sp³-hybridized carbons (Fsp3) is 0.385. The number of nitrogens with zero attached hydrogens (tertiary/aromatic N) is 3. The van der Waals surface area contributed by atoms with E-state index in [1.807, 2.05) is 0 Å². The zero-order valence-electron chi connectivity index (χ0n) is 10.4. The SMILES string of the molecule is Oc1ccc(-c2nc(N3CCCCC3)no2)c(O)c1. The van der Waals surface area contributed by atoms with E-state index in [1.165, 1.54) is 18.6 Å². The van der Waals surface area contributed by atoms with Crippen molar-refractivity contribution in [2.45, 2.75) is 19.3 Å². The van der Waals surface area contributed by atoms with Crippen LogP contribution >= 0.6 is 0 Å². The maximum Gasteiger partial charge on any atom is 0.266 e. The molecule has 0 unspecified atom stereocenters. The summed E-state index contributed by atoms with van der Waals surface area (Å²) in [4.78, 5) is 6.38. The van der Waals surface area contributed by atoms with Crippen molar-refractivity contribution < 1.29 is 14.7 Å². The molecule has 0 aliphatic carbocycles. The summed E-state index contributed by atoms with van der Waals surface area (Å²) in [6.45, 7) is 1.86. The van der Waals surface area contributed by atoms with Gasteiger partial charge in [-0.05, 0) is 36.6 Å². The van der Waals surface area contributed by atoms with Crippen molar-refractivity contribution in [1.82, 2.24) is 10.1 Å². The lowest BCUT2D eigenvalue weighted by Crippen LogP contribution is -2.30. The van der Waals surface area contributed by atoms with Crippen LogP contribution in [0.3, 0.4) is 0 Å². The van der Waals surface area contributed by atoms with E-state index in [9.17, 15) is 10.2 Å². The first-order chi connectivity index (χ1) is 9.24. The molecule has 3 rings (SSSR count). The summed E-state index contributed by atoms with van der Waals surface area (Å²) >= 11 is 0. The van der Waals surface area contributed by atoms with Crippen LogP contribution in [-0.4, -0.2) is 33.4 Å². The quantitative estimate of drug-likeness (QED) is 0.861. The molecule has 1 aromatic carbocycles. The molecule has 0 amide bonds. The van der Waals surface area contributed by atoms with E-state index in [-0.39, 0.29) is 17.4 Å². The smallest absolute Gasteiger partial charge is 0.266 e. The summed E-state index contributed by atoms with van der Waals surface area (Å²) in [5.74, 6) is 0.742. The van der Waals surface area contributed by atoms with Crippen LogP contribution < -0.4 is 4.90 Å². The monoisotopic (exact) mass is 261 g/mol. The minimum absolute atomic E-state index is 0.00276. The Labute approximate surface area is 110 Å². The number of phenolic OH excluding ortho intramolecular Hbond substituents is 2. The van der Waals surface area contributed by atoms with E-state index >= 15 is 0 Å². The van der Waals surface area contributed by atoms with Gasteiger partial charge in [0.2, 0.25) is 0 Å². The molecule has 1 aliphatic rings. The van der Waals surface area contributed by atoms with E-state index in [0.717, 1.165) is 25.9 Å². The lowest BCUT2D eigenvalue weighted by molar-refractivity contribution is 0.419. The van der Waals surface area contributed by atoms with Gasteiger partial charge in [-0.2, -0.15) is 4.98 Å². The summed E-state index contributed by atoms with van der Waals surface area (Å²) in [6.07, 6.45) is 3.50. The number of rotatable bonds is 2. The Morgan fingerprint density at radius 2 is 1.89 bits per heavy atom. The Balaban J connectivity index is 1.87. The Hall–Kier alpha value is -2.24. The molecule has 6 heteroatoms. The Morgan fingerprint density at radius 3 is 2.63 bits per heavy atom. The van der Waals surface area contributed by atoms with Gasteiger partial charge in [-0.25, -0.2) is 0 Å². The molecule has 1 fully saturated rings. The second kappa shape index (κ2) is 4.79. The first kappa shape index (κ1) is 11.8. The molecule has 0 bridgehead atoms. The molecule has 2 heterocycles. The predicted molar refractivity (Wildman–Crippen MR) is 69.1 cm³/mol. The predicted octanol–water partition coefficient (Wildman–Crippen LogP) is 2.14. The lowest BCUT2D eigenvalue weighted by Gasteiger charge is -2.24. The van der Waals surface area contributed by atoms with E-state index in [1.54, 1.807) is 6.07 Å². The average molecular weight is 261 g/mol. The van der Waals surface area contributed by atoms with Crippen molar-refractivity contribution in [2.24, 2.45) is 0 Å². The van der Waals surface area contributed by atoms with Gasteiger partial charge in [0.15, 0.2) is 0 Å². The number of hydrogen-bond donors (Lipinski definition) is 2. The van der Waals surface area contributed by atoms with Crippen molar-refractivity contribution in [3.8, 4) is 23.0 Å². The van der Waals surface area contributed by atoms with Crippen molar-refractivity contribution in [1.29, 1.82) is 0 Å². The highest BCUT2D eigenvalue weighted by molar-refractivity contribution is 5.64. The molecule has 6 nitrogen and oxygen atoms in total. The molecule has 2 aromatic rings. The second-order valence-corrected chi connectivity index (χ2v) is 4.65. The third kappa shape index (κ3) is 2.33.